The lowest BCUT2D eigenvalue weighted by atomic mass is 9.63. The molecule has 2 aliphatic rings. The molecule has 0 saturated carbocycles. The zero-order chi connectivity index (χ0) is 19.8. The summed E-state index contributed by atoms with van der Waals surface area (Å²) >= 11 is 0. The van der Waals surface area contributed by atoms with Gasteiger partial charge in [0.25, 0.3) is 0 Å². The predicted octanol–water partition coefficient (Wildman–Crippen LogP) is 3.90. The van der Waals surface area contributed by atoms with Crippen LogP contribution in [-0.4, -0.2) is 16.7 Å². The van der Waals surface area contributed by atoms with Gasteiger partial charge < -0.3 is 15.0 Å². The first-order chi connectivity index (χ1) is 12.7. The van der Waals surface area contributed by atoms with Gasteiger partial charge in [-0.1, -0.05) is 37.5 Å². The Kier molecular flexibility index (Phi) is 4.72. The van der Waals surface area contributed by atoms with Crippen molar-refractivity contribution in [2.45, 2.75) is 44.8 Å². The fourth-order valence-electron chi connectivity index (χ4n) is 4.04. The minimum absolute atomic E-state index is 0.0326. The Bertz CT molecular complexity index is 914. The highest BCUT2D eigenvalue weighted by atomic mass is 16.6. The van der Waals surface area contributed by atoms with Gasteiger partial charge >= 0.3 is 6.09 Å². The normalized spacial score (nSPS) is 25.2. The highest BCUT2D eigenvalue weighted by molar-refractivity contribution is 5.72. The van der Waals surface area contributed by atoms with Crippen molar-refractivity contribution < 1.29 is 9.53 Å². The molecule has 0 saturated heterocycles. The Morgan fingerprint density at radius 3 is 2.74 bits per heavy atom. The maximum atomic E-state index is 12.7. The molecule has 1 heterocycles. The van der Waals surface area contributed by atoms with Gasteiger partial charge in [0, 0.05) is 29.7 Å². The zero-order valence-corrected chi connectivity index (χ0v) is 16.1. The largest absolute Gasteiger partial charge is 0.444 e. The number of amides is 1. The molecule has 0 aliphatic heterocycles. The molecular weight excluding hydrogens is 340 g/mol. The van der Waals surface area contributed by atoms with Crippen molar-refractivity contribution in [2.75, 3.05) is 0 Å². The quantitative estimate of drug-likeness (QED) is 0.852. The summed E-state index contributed by atoms with van der Waals surface area (Å²) in [5.41, 5.74) is 2.23. The van der Waals surface area contributed by atoms with E-state index in [0.29, 0.717) is 12.8 Å². The molecule has 2 unspecified atom stereocenters. The van der Waals surface area contributed by atoms with E-state index in [9.17, 15) is 9.59 Å². The van der Waals surface area contributed by atoms with E-state index in [1.165, 1.54) is 6.07 Å². The Hall–Kier alpha value is -2.82. The summed E-state index contributed by atoms with van der Waals surface area (Å²) in [6.45, 7) is 13.2. The molecule has 1 aromatic heterocycles. The number of allylic oxidation sites excluding steroid dienone is 4. The number of alkyl carbamates (subject to hydrolysis) is 1. The van der Waals surface area contributed by atoms with E-state index in [-0.39, 0.29) is 11.5 Å². The number of carbonyl (C=O) groups is 1. The third-order valence-electron chi connectivity index (χ3n) is 4.94. The summed E-state index contributed by atoms with van der Waals surface area (Å²) < 4.78 is 5.54. The van der Waals surface area contributed by atoms with Gasteiger partial charge in [-0.2, -0.15) is 0 Å². The molecule has 2 bridgehead atoms. The summed E-state index contributed by atoms with van der Waals surface area (Å²) in [5, 5.41) is 3.11. The molecule has 2 atom stereocenters. The van der Waals surface area contributed by atoms with Crippen LogP contribution in [0.15, 0.2) is 65.5 Å². The lowest BCUT2D eigenvalue weighted by Gasteiger charge is -2.47. The van der Waals surface area contributed by atoms with Crippen LogP contribution in [0.5, 0.6) is 0 Å². The van der Waals surface area contributed by atoms with E-state index in [0.717, 1.165) is 22.4 Å². The molecule has 2 aliphatic carbocycles. The summed E-state index contributed by atoms with van der Waals surface area (Å²) in [5.74, 6) is 0.0326. The van der Waals surface area contributed by atoms with Crippen molar-refractivity contribution in [2.24, 2.45) is 5.92 Å². The van der Waals surface area contributed by atoms with E-state index in [4.69, 9.17) is 4.74 Å². The van der Waals surface area contributed by atoms with Gasteiger partial charge in [-0.3, -0.25) is 4.79 Å². The van der Waals surface area contributed by atoms with Crippen molar-refractivity contribution >= 4 is 6.09 Å². The first kappa shape index (κ1) is 19.0. The summed E-state index contributed by atoms with van der Waals surface area (Å²) in [6.07, 6.45) is 8.33. The Morgan fingerprint density at radius 1 is 1.37 bits per heavy atom. The molecule has 1 aromatic rings. The number of aromatic amines is 1. The lowest BCUT2D eigenvalue weighted by Crippen LogP contribution is -2.54. The van der Waals surface area contributed by atoms with Crippen LogP contribution >= 0.6 is 0 Å². The number of hydrogen-bond acceptors (Lipinski definition) is 3. The molecule has 0 fully saturated rings. The van der Waals surface area contributed by atoms with Crippen molar-refractivity contribution in [3.05, 3.63) is 82.4 Å². The molecule has 0 aromatic carbocycles. The van der Waals surface area contributed by atoms with Crippen molar-refractivity contribution in [3.63, 3.8) is 0 Å². The minimum Gasteiger partial charge on any atom is -0.444 e. The van der Waals surface area contributed by atoms with E-state index in [2.05, 4.69) is 29.5 Å². The number of nitrogens with one attached hydrogen (secondary N) is 2. The second-order valence-corrected chi connectivity index (χ2v) is 8.04. The summed E-state index contributed by atoms with van der Waals surface area (Å²) in [6, 6.07) is 3.29. The number of pyridine rings is 1. The highest BCUT2D eigenvalue weighted by Crippen LogP contribution is 2.49. The molecule has 0 radical (unpaired) electrons. The molecular formula is C22H26N2O3. The van der Waals surface area contributed by atoms with E-state index in [1.54, 1.807) is 12.1 Å². The molecule has 0 spiro atoms. The lowest BCUT2D eigenvalue weighted by molar-refractivity contribution is 0.0460. The van der Waals surface area contributed by atoms with Gasteiger partial charge in [0.15, 0.2) is 0 Å². The first-order valence-electron chi connectivity index (χ1n) is 9.08. The van der Waals surface area contributed by atoms with Crippen LogP contribution in [0.4, 0.5) is 4.79 Å². The van der Waals surface area contributed by atoms with Crippen LogP contribution in [0.25, 0.3) is 0 Å². The third-order valence-corrected chi connectivity index (χ3v) is 4.94. The molecule has 3 rings (SSSR count). The maximum absolute atomic E-state index is 12.7. The van der Waals surface area contributed by atoms with Crippen LogP contribution in [0.1, 0.15) is 38.4 Å². The topological polar surface area (TPSA) is 71.2 Å². The molecule has 5 nitrogen and oxygen atoms in total. The fraction of sp³-hybridized carbons (Fsp3) is 0.364. The van der Waals surface area contributed by atoms with Crippen LogP contribution in [0.2, 0.25) is 0 Å². The average molecular weight is 366 g/mol. The average Bonchev–Trinajstić information content (AvgIpc) is 2.54. The zero-order valence-electron chi connectivity index (χ0n) is 16.1. The van der Waals surface area contributed by atoms with Crippen LogP contribution in [0, 0.1) is 5.92 Å². The Labute approximate surface area is 159 Å². The summed E-state index contributed by atoms with van der Waals surface area (Å²) in [4.78, 5) is 27.6. The van der Waals surface area contributed by atoms with Crippen molar-refractivity contribution in [1.29, 1.82) is 0 Å². The number of ether oxygens (including phenoxy) is 1. The van der Waals surface area contributed by atoms with Gasteiger partial charge in [0.05, 0.1) is 5.54 Å². The Balaban J connectivity index is 2.19. The maximum Gasteiger partial charge on any atom is 0.408 e. The third kappa shape index (κ3) is 3.54. The van der Waals surface area contributed by atoms with E-state index in [1.807, 2.05) is 32.9 Å². The van der Waals surface area contributed by atoms with Gasteiger partial charge in [-0.05, 0) is 44.4 Å². The van der Waals surface area contributed by atoms with Gasteiger partial charge in [-0.15, -0.1) is 0 Å². The van der Waals surface area contributed by atoms with Gasteiger partial charge in [0.1, 0.15) is 5.60 Å². The van der Waals surface area contributed by atoms with E-state index >= 15 is 0 Å². The van der Waals surface area contributed by atoms with E-state index < -0.39 is 17.2 Å². The second-order valence-electron chi connectivity index (χ2n) is 8.04. The number of fused-ring (bicyclic) bond motifs is 4. The highest BCUT2D eigenvalue weighted by Gasteiger charge is 2.48. The molecule has 2 N–H and O–H groups in total. The smallest absolute Gasteiger partial charge is 0.408 e. The number of aromatic nitrogens is 1. The Morgan fingerprint density at radius 2 is 2.11 bits per heavy atom. The second kappa shape index (κ2) is 6.72. The first-order valence-corrected chi connectivity index (χ1v) is 9.08. The van der Waals surface area contributed by atoms with Crippen molar-refractivity contribution in [1.82, 2.24) is 10.3 Å². The standard InChI is InChI=1S/C22H26N2O3/c1-6-8-16-15-11-14(7-2)13-22(16,24-20(26)27-21(3,4)5)17-9-10-19(25)23-18(17)12-15/h6-11,15H,1-2,12-13H2,3-5H3,(H,23,25)(H,24,26)/b16-8+. The fourth-order valence-corrected chi connectivity index (χ4v) is 4.04. The van der Waals surface area contributed by atoms with Gasteiger partial charge in [0.2, 0.25) is 5.56 Å². The monoisotopic (exact) mass is 366 g/mol. The SMILES string of the molecule is C=C/C=C1\C2C=C(C=C)CC1(NC(=O)OC(C)(C)C)c1ccc(=O)[nH]c1C2. The van der Waals surface area contributed by atoms with Crippen LogP contribution in [-0.2, 0) is 16.7 Å². The molecule has 27 heavy (non-hydrogen) atoms. The minimum atomic E-state index is -0.808. The van der Waals surface area contributed by atoms with Gasteiger partial charge in [-0.25, -0.2) is 4.79 Å². The van der Waals surface area contributed by atoms with Crippen LogP contribution in [0.3, 0.4) is 0 Å². The molecule has 5 heteroatoms. The van der Waals surface area contributed by atoms with Crippen LogP contribution < -0.4 is 10.9 Å². The molecule has 142 valence electrons. The summed E-state index contributed by atoms with van der Waals surface area (Å²) in [7, 11) is 0. The number of rotatable bonds is 3. The number of carbonyl (C=O) groups excluding carboxylic acids is 1. The molecule has 1 amide bonds. The number of hydrogen-bond donors (Lipinski definition) is 2. The number of H-pyrrole nitrogens is 1. The van der Waals surface area contributed by atoms with Crippen molar-refractivity contribution in [3.8, 4) is 0 Å². The predicted molar refractivity (Wildman–Crippen MR) is 106 cm³/mol.